The monoisotopic (exact) mass is 199 g/mol. The lowest BCUT2D eigenvalue weighted by Gasteiger charge is -2.04. The van der Waals surface area contributed by atoms with E-state index in [1.807, 2.05) is 30.3 Å². The minimum Gasteiger partial charge on any atom is -0.294 e. The summed E-state index contributed by atoms with van der Waals surface area (Å²) in [5.74, 6) is 0.0895. The van der Waals surface area contributed by atoms with Crippen LogP contribution in [0.1, 0.15) is 29.9 Å². The molecule has 0 radical (unpaired) electrons. The predicted octanol–water partition coefficient (Wildman–Crippen LogP) is 3.00. The standard InChI is InChI=1S/C13H13NO/c1-3-10-7-8-12-11(9(2)15)5-4-6-13(12)14-10/h4-8H,3H2,1-2H3. The SMILES string of the molecule is CCc1ccc2c(C(C)=O)cccc2n1. The van der Waals surface area contributed by atoms with Gasteiger partial charge in [0, 0.05) is 16.6 Å². The van der Waals surface area contributed by atoms with Crippen LogP contribution in [0, 0.1) is 0 Å². The fraction of sp³-hybridized carbons (Fsp3) is 0.231. The maximum Gasteiger partial charge on any atom is 0.160 e. The zero-order valence-corrected chi connectivity index (χ0v) is 8.95. The third kappa shape index (κ3) is 1.75. The fourth-order valence-corrected chi connectivity index (χ4v) is 1.70. The number of benzene rings is 1. The van der Waals surface area contributed by atoms with Crippen LogP contribution < -0.4 is 0 Å². The number of hydrogen-bond donors (Lipinski definition) is 0. The maximum atomic E-state index is 11.4. The second kappa shape index (κ2) is 3.81. The number of Topliss-reactive ketones (excluding diaryl/α,β-unsaturated/α-hetero) is 1. The van der Waals surface area contributed by atoms with E-state index in [9.17, 15) is 4.79 Å². The summed E-state index contributed by atoms with van der Waals surface area (Å²) in [6, 6.07) is 9.64. The van der Waals surface area contributed by atoms with Gasteiger partial charge in [0.2, 0.25) is 0 Å². The number of ketones is 1. The lowest BCUT2D eigenvalue weighted by Crippen LogP contribution is -1.95. The fourth-order valence-electron chi connectivity index (χ4n) is 1.70. The molecule has 0 saturated heterocycles. The van der Waals surface area contributed by atoms with Gasteiger partial charge in [-0.2, -0.15) is 0 Å². The van der Waals surface area contributed by atoms with E-state index in [1.165, 1.54) is 0 Å². The van der Waals surface area contributed by atoms with Gasteiger partial charge in [-0.25, -0.2) is 0 Å². The Morgan fingerprint density at radius 3 is 2.73 bits per heavy atom. The summed E-state index contributed by atoms with van der Waals surface area (Å²) in [5.41, 5.74) is 2.72. The first-order valence-electron chi connectivity index (χ1n) is 5.12. The highest BCUT2D eigenvalue weighted by Crippen LogP contribution is 2.18. The highest BCUT2D eigenvalue weighted by Gasteiger charge is 2.05. The van der Waals surface area contributed by atoms with Crippen LogP contribution in [0.15, 0.2) is 30.3 Å². The summed E-state index contributed by atoms with van der Waals surface area (Å²) >= 11 is 0. The van der Waals surface area contributed by atoms with Crippen LogP contribution >= 0.6 is 0 Å². The molecule has 0 N–H and O–H groups in total. The zero-order chi connectivity index (χ0) is 10.8. The summed E-state index contributed by atoms with van der Waals surface area (Å²) in [4.78, 5) is 15.9. The van der Waals surface area contributed by atoms with Crippen LogP contribution in [0.4, 0.5) is 0 Å². The van der Waals surface area contributed by atoms with Gasteiger partial charge in [0.15, 0.2) is 5.78 Å². The van der Waals surface area contributed by atoms with Crippen molar-refractivity contribution in [2.75, 3.05) is 0 Å². The molecule has 1 aromatic heterocycles. The minimum absolute atomic E-state index is 0.0895. The van der Waals surface area contributed by atoms with Crippen molar-refractivity contribution in [1.82, 2.24) is 4.98 Å². The Labute approximate surface area is 89.0 Å². The smallest absolute Gasteiger partial charge is 0.160 e. The lowest BCUT2D eigenvalue weighted by molar-refractivity contribution is 0.101. The average molecular weight is 199 g/mol. The van der Waals surface area contributed by atoms with Crippen molar-refractivity contribution in [2.45, 2.75) is 20.3 Å². The molecular formula is C13H13NO. The van der Waals surface area contributed by atoms with Gasteiger partial charge in [-0.15, -0.1) is 0 Å². The van der Waals surface area contributed by atoms with Gasteiger partial charge in [-0.05, 0) is 25.5 Å². The molecule has 0 fully saturated rings. The van der Waals surface area contributed by atoms with Crippen molar-refractivity contribution in [2.24, 2.45) is 0 Å². The normalized spacial score (nSPS) is 10.5. The first-order valence-corrected chi connectivity index (χ1v) is 5.12. The maximum absolute atomic E-state index is 11.4. The van der Waals surface area contributed by atoms with Gasteiger partial charge in [0.05, 0.1) is 5.52 Å². The molecule has 0 aliphatic carbocycles. The molecule has 2 rings (SSSR count). The van der Waals surface area contributed by atoms with Gasteiger partial charge in [-0.3, -0.25) is 9.78 Å². The van der Waals surface area contributed by atoms with Crippen LogP contribution in [0.2, 0.25) is 0 Å². The summed E-state index contributed by atoms with van der Waals surface area (Å²) < 4.78 is 0. The first kappa shape index (κ1) is 9.84. The number of carbonyl (C=O) groups is 1. The molecule has 0 saturated carbocycles. The number of rotatable bonds is 2. The van der Waals surface area contributed by atoms with Gasteiger partial charge in [0.1, 0.15) is 0 Å². The van der Waals surface area contributed by atoms with Gasteiger partial charge in [-0.1, -0.05) is 25.1 Å². The second-order valence-electron chi connectivity index (χ2n) is 3.58. The molecule has 76 valence electrons. The van der Waals surface area contributed by atoms with Crippen LogP contribution in [-0.4, -0.2) is 10.8 Å². The third-order valence-electron chi connectivity index (χ3n) is 2.53. The first-order chi connectivity index (χ1) is 7.22. The van der Waals surface area contributed by atoms with Crippen molar-refractivity contribution >= 4 is 16.7 Å². The molecular weight excluding hydrogens is 186 g/mol. The Balaban J connectivity index is 2.72. The predicted molar refractivity (Wildman–Crippen MR) is 61.1 cm³/mol. The Morgan fingerprint density at radius 2 is 2.07 bits per heavy atom. The van der Waals surface area contributed by atoms with Crippen molar-refractivity contribution in [3.63, 3.8) is 0 Å². The molecule has 0 aliphatic heterocycles. The molecule has 0 unspecified atom stereocenters. The molecule has 2 heteroatoms. The quantitative estimate of drug-likeness (QED) is 0.696. The van der Waals surface area contributed by atoms with Gasteiger partial charge in [0.25, 0.3) is 0 Å². The topological polar surface area (TPSA) is 30.0 Å². The minimum atomic E-state index is 0.0895. The molecule has 0 aliphatic rings. The highest BCUT2D eigenvalue weighted by atomic mass is 16.1. The van der Waals surface area contributed by atoms with E-state index in [0.717, 1.165) is 28.6 Å². The van der Waals surface area contributed by atoms with E-state index in [2.05, 4.69) is 11.9 Å². The number of fused-ring (bicyclic) bond motifs is 1. The Hall–Kier alpha value is -1.70. The lowest BCUT2D eigenvalue weighted by atomic mass is 10.0. The number of carbonyl (C=O) groups excluding carboxylic acids is 1. The van der Waals surface area contributed by atoms with Crippen LogP contribution in [0.3, 0.4) is 0 Å². The molecule has 2 aromatic rings. The number of aryl methyl sites for hydroxylation is 1. The summed E-state index contributed by atoms with van der Waals surface area (Å²) in [5, 5.41) is 0.946. The highest BCUT2D eigenvalue weighted by molar-refractivity contribution is 6.06. The molecule has 0 atom stereocenters. The number of pyridine rings is 1. The molecule has 0 amide bonds. The van der Waals surface area contributed by atoms with Crippen LogP contribution in [0.25, 0.3) is 10.9 Å². The van der Waals surface area contributed by atoms with Crippen LogP contribution in [-0.2, 0) is 6.42 Å². The van der Waals surface area contributed by atoms with Crippen molar-refractivity contribution in [1.29, 1.82) is 0 Å². The molecule has 1 heterocycles. The average Bonchev–Trinajstić information content (AvgIpc) is 2.27. The van der Waals surface area contributed by atoms with Crippen molar-refractivity contribution in [3.8, 4) is 0 Å². The van der Waals surface area contributed by atoms with E-state index < -0.39 is 0 Å². The van der Waals surface area contributed by atoms with Gasteiger partial charge < -0.3 is 0 Å². The Bertz CT molecular complexity index is 517. The number of nitrogens with zero attached hydrogens (tertiary/aromatic N) is 1. The van der Waals surface area contributed by atoms with Crippen molar-refractivity contribution < 1.29 is 4.79 Å². The second-order valence-corrected chi connectivity index (χ2v) is 3.58. The zero-order valence-electron chi connectivity index (χ0n) is 8.95. The summed E-state index contributed by atoms with van der Waals surface area (Å²) in [6.07, 6.45) is 0.917. The summed E-state index contributed by atoms with van der Waals surface area (Å²) in [7, 11) is 0. The van der Waals surface area contributed by atoms with E-state index >= 15 is 0 Å². The molecule has 2 nitrogen and oxygen atoms in total. The van der Waals surface area contributed by atoms with Gasteiger partial charge >= 0.3 is 0 Å². The Morgan fingerprint density at radius 1 is 1.27 bits per heavy atom. The molecule has 0 spiro atoms. The number of aromatic nitrogens is 1. The third-order valence-corrected chi connectivity index (χ3v) is 2.53. The van der Waals surface area contributed by atoms with E-state index in [4.69, 9.17) is 0 Å². The van der Waals surface area contributed by atoms with E-state index in [1.54, 1.807) is 6.92 Å². The van der Waals surface area contributed by atoms with E-state index in [-0.39, 0.29) is 5.78 Å². The summed E-state index contributed by atoms with van der Waals surface area (Å²) in [6.45, 7) is 3.66. The van der Waals surface area contributed by atoms with E-state index in [0.29, 0.717) is 0 Å². The Kier molecular flexibility index (Phi) is 2.50. The molecule has 0 bridgehead atoms. The molecule has 1 aromatic carbocycles. The van der Waals surface area contributed by atoms with Crippen molar-refractivity contribution in [3.05, 3.63) is 41.6 Å². The molecule has 15 heavy (non-hydrogen) atoms. The van der Waals surface area contributed by atoms with Crippen LogP contribution in [0.5, 0.6) is 0 Å². The largest absolute Gasteiger partial charge is 0.294 e. The number of hydrogen-bond acceptors (Lipinski definition) is 2.